The number of carbonyl (C=O) groups is 1. The van der Waals surface area contributed by atoms with Crippen molar-refractivity contribution in [2.45, 2.75) is 32.2 Å². The van der Waals surface area contributed by atoms with Gasteiger partial charge in [-0.25, -0.2) is 9.67 Å². The number of hydrogen-bond acceptors (Lipinski definition) is 4. The van der Waals surface area contributed by atoms with E-state index >= 15 is 0 Å². The van der Waals surface area contributed by atoms with Gasteiger partial charge in [0.2, 0.25) is 5.91 Å². The summed E-state index contributed by atoms with van der Waals surface area (Å²) in [6.45, 7) is 4.11. The van der Waals surface area contributed by atoms with E-state index in [0.29, 0.717) is 18.9 Å². The molecule has 1 amide bonds. The van der Waals surface area contributed by atoms with Crippen LogP contribution in [0.25, 0.3) is 11.0 Å². The number of aryl methyl sites for hydroxylation is 3. The van der Waals surface area contributed by atoms with E-state index in [2.05, 4.69) is 19.9 Å². The second-order valence-electron chi connectivity index (χ2n) is 6.73. The topological polar surface area (TPSA) is 68.8 Å². The Labute approximate surface area is 146 Å². The maximum atomic E-state index is 12.6. The second kappa shape index (κ2) is 6.31. The molecule has 4 rings (SSSR count). The molecule has 7 heteroatoms. The average molecular weight is 338 g/mol. The predicted octanol–water partition coefficient (Wildman–Crippen LogP) is 1.88. The minimum atomic E-state index is 0.174. The molecule has 0 spiro atoms. The van der Waals surface area contributed by atoms with Crippen LogP contribution in [0.5, 0.6) is 0 Å². The van der Waals surface area contributed by atoms with E-state index in [-0.39, 0.29) is 5.91 Å². The first-order valence-electron chi connectivity index (χ1n) is 8.67. The molecule has 0 radical (unpaired) electrons. The molecule has 3 aromatic rings. The van der Waals surface area contributed by atoms with Gasteiger partial charge in [0.05, 0.1) is 17.8 Å². The molecule has 0 N–H and O–H groups in total. The molecule has 2 aromatic heterocycles. The van der Waals surface area contributed by atoms with Crippen molar-refractivity contribution >= 4 is 16.9 Å². The Balaban J connectivity index is 1.38. The monoisotopic (exact) mass is 338 g/mol. The smallest absolute Gasteiger partial charge is 0.224 e. The van der Waals surface area contributed by atoms with Crippen molar-refractivity contribution in [1.29, 1.82) is 0 Å². The van der Waals surface area contributed by atoms with Crippen molar-refractivity contribution in [3.05, 3.63) is 42.0 Å². The van der Waals surface area contributed by atoms with Gasteiger partial charge in [-0.1, -0.05) is 17.3 Å². The van der Waals surface area contributed by atoms with Gasteiger partial charge in [-0.3, -0.25) is 4.79 Å². The zero-order valence-electron chi connectivity index (χ0n) is 14.6. The minimum Gasteiger partial charge on any atom is -0.342 e. The van der Waals surface area contributed by atoms with Crippen LogP contribution in [0.15, 0.2) is 30.5 Å². The van der Waals surface area contributed by atoms with Gasteiger partial charge in [0.25, 0.3) is 0 Å². The largest absolute Gasteiger partial charge is 0.342 e. The maximum absolute atomic E-state index is 12.6. The van der Waals surface area contributed by atoms with E-state index in [0.717, 1.165) is 42.1 Å². The molecule has 1 unspecified atom stereocenters. The van der Waals surface area contributed by atoms with Gasteiger partial charge in [-0.2, -0.15) is 0 Å². The summed E-state index contributed by atoms with van der Waals surface area (Å²) in [4.78, 5) is 19.1. The summed E-state index contributed by atoms with van der Waals surface area (Å²) in [6.07, 6.45) is 3.46. The third kappa shape index (κ3) is 3.01. The van der Waals surface area contributed by atoms with Gasteiger partial charge in [0, 0.05) is 38.7 Å². The Kier molecular flexibility index (Phi) is 3.99. The summed E-state index contributed by atoms with van der Waals surface area (Å²) in [5.74, 6) is 1.58. The highest BCUT2D eigenvalue weighted by molar-refractivity contribution is 5.77. The van der Waals surface area contributed by atoms with Crippen molar-refractivity contribution in [2.24, 2.45) is 7.05 Å². The first-order chi connectivity index (χ1) is 12.1. The quantitative estimate of drug-likeness (QED) is 0.728. The van der Waals surface area contributed by atoms with Crippen LogP contribution >= 0.6 is 0 Å². The second-order valence-corrected chi connectivity index (χ2v) is 6.73. The number of likely N-dealkylation sites (tertiary alicyclic amines) is 1. The number of fused-ring (bicyclic) bond motifs is 1. The molecule has 1 aliphatic rings. The standard InChI is InChI=1S/C18H22N6O/c1-13-11-22(2)18(19-13)14-7-9-23(12-14)17(25)8-10-24-16-6-4-3-5-15(16)20-21-24/h3-6,11,14H,7-10,12H2,1-2H3. The lowest BCUT2D eigenvalue weighted by Crippen LogP contribution is -2.29. The molecule has 1 aromatic carbocycles. The molecule has 0 aliphatic carbocycles. The molecular weight excluding hydrogens is 316 g/mol. The van der Waals surface area contributed by atoms with E-state index in [4.69, 9.17) is 0 Å². The number of hydrogen-bond donors (Lipinski definition) is 0. The van der Waals surface area contributed by atoms with Crippen LogP contribution < -0.4 is 0 Å². The fourth-order valence-corrected chi connectivity index (χ4v) is 3.65. The Morgan fingerprint density at radius 1 is 1.32 bits per heavy atom. The molecule has 130 valence electrons. The highest BCUT2D eigenvalue weighted by atomic mass is 16.2. The normalized spacial score (nSPS) is 17.5. The van der Waals surface area contributed by atoms with E-state index in [1.54, 1.807) is 0 Å². The first-order valence-corrected chi connectivity index (χ1v) is 8.67. The lowest BCUT2D eigenvalue weighted by Gasteiger charge is -2.16. The molecule has 1 fully saturated rings. The molecule has 7 nitrogen and oxygen atoms in total. The number of carbonyl (C=O) groups excluding carboxylic acids is 1. The van der Waals surface area contributed by atoms with Crippen LogP contribution in [0.2, 0.25) is 0 Å². The van der Waals surface area contributed by atoms with E-state index in [1.165, 1.54) is 0 Å². The summed E-state index contributed by atoms with van der Waals surface area (Å²) in [5.41, 5.74) is 2.86. The van der Waals surface area contributed by atoms with Crippen LogP contribution in [-0.4, -0.2) is 48.4 Å². The van der Waals surface area contributed by atoms with Crippen LogP contribution in [0.3, 0.4) is 0 Å². The van der Waals surface area contributed by atoms with Gasteiger partial charge in [-0.05, 0) is 25.5 Å². The summed E-state index contributed by atoms with van der Waals surface area (Å²) in [6, 6.07) is 7.82. The number of imidazole rings is 1. The Morgan fingerprint density at radius 2 is 2.16 bits per heavy atom. The summed E-state index contributed by atoms with van der Waals surface area (Å²) in [7, 11) is 2.02. The van der Waals surface area contributed by atoms with E-state index in [9.17, 15) is 4.79 Å². The van der Waals surface area contributed by atoms with Gasteiger partial charge in [0.1, 0.15) is 11.3 Å². The summed E-state index contributed by atoms with van der Waals surface area (Å²) in [5, 5.41) is 8.29. The number of aromatic nitrogens is 5. The Bertz CT molecular complexity index is 911. The summed E-state index contributed by atoms with van der Waals surface area (Å²) < 4.78 is 3.89. The Morgan fingerprint density at radius 3 is 2.96 bits per heavy atom. The van der Waals surface area contributed by atoms with Gasteiger partial charge in [-0.15, -0.1) is 5.10 Å². The van der Waals surface area contributed by atoms with Crippen molar-refractivity contribution in [3.8, 4) is 0 Å². The minimum absolute atomic E-state index is 0.174. The third-order valence-corrected chi connectivity index (χ3v) is 4.90. The van der Waals surface area contributed by atoms with Gasteiger partial charge in [0.15, 0.2) is 0 Å². The predicted molar refractivity (Wildman–Crippen MR) is 94.0 cm³/mol. The van der Waals surface area contributed by atoms with Crippen LogP contribution in [0.4, 0.5) is 0 Å². The lowest BCUT2D eigenvalue weighted by atomic mass is 10.1. The fraction of sp³-hybridized carbons (Fsp3) is 0.444. The number of para-hydroxylation sites is 1. The molecule has 3 heterocycles. The zero-order valence-corrected chi connectivity index (χ0v) is 14.6. The Hall–Kier alpha value is -2.70. The van der Waals surface area contributed by atoms with E-state index < -0.39 is 0 Å². The van der Waals surface area contributed by atoms with Gasteiger partial charge < -0.3 is 9.47 Å². The highest BCUT2D eigenvalue weighted by Gasteiger charge is 2.29. The average Bonchev–Trinajstić information content (AvgIpc) is 3.31. The number of nitrogens with zero attached hydrogens (tertiary/aromatic N) is 6. The highest BCUT2D eigenvalue weighted by Crippen LogP contribution is 2.26. The first kappa shape index (κ1) is 15.8. The van der Waals surface area contributed by atoms with Crippen molar-refractivity contribution < 1.29 is 4.79 Å². The SMILES string of the molecule is Cc1cn(C)c(C2CCN(C(=O)CCn3nnc4ccccc43)C2)n1. The van der Waals surface area contributed by atoms with Crippen molar-refractivity contribution in [2.75, 3.05) is 13.1 Å². The summed E-state index contributed by atoms with van der Waals surface area (Å²) >= 11 is 0. The number of rotatable bonds is 4. The number of benzene rings is 1. The zero-order chi connectivity index (χ0) is 17.4. The van der Waals surface area contributed by atoms with E-state index in [1.807, 2.05) is 54.0 Å². The van der Waals surface area contributed by atoms with Crippen molar-refractivity contribution in [1.82, 2.24) is 29.4 Å². The maximum Gasteiger partial charge on any atom is 0.224 e. The van der Waals surface area contributed by atoms with Crippen LogP contribution in [-0.2, 0) is 18.4 Å². The van der Waals surface area contributed by atoms with Crippen LogP contribution in [0, 0.1) is 6.92 Å². The molecule has 1 atom stereocenters. The molecule has 25 heavy (non-hydrogen) atoms. The molecular formula is C18H22N6O. The lowest BCUT2D eigenvalue weighted by molar-refractivity contribution is -0.130. The molecule has 0 saturated carbocycles. The van der Waals surface area contributed by atoms with Crippen LogP contribution in [0.1, 0.15) is 30.3 Å². The third-order valence-electron chi connectivity index (χ3n) is 4.90. The molecule has 0 bridgehead atoms. The fourth-order valence-electron chi connectivity index (χ4n) is 3.65. The molecule has 1 saturated heterocycles. The van der Waals surface area contributed by atoms with Gasteiger partial charge >= 0.3 is 0 Å². The molecule has 1 aliphatic heterocycles. The van der Waals surface area contributed by atoms with Crippen molar-refractivity contribution in [3.63, 3.8) is 0 Å². The number of amides is 1.